The van der Waals surface area contributed by atoms with E-state index in [1.54, 1.807) is 12.1 Å². The maximum atomic E-state index is 13.2. The van der Waals surface area contributed by atoms with E-state index in [-0.39, 0.29) is 24.4 Å². The van der Waals surface area contributed by atoms with Gasteiger partial charge in [-0.15, -0.1) is 0 Å². The highest BCUT2D eigenvalue weighted by Crippen LogP contribution is 2.42. The van der Waals surface area contributed by atoms with Crippen LogP contribution in [0.5, 0.6) is 0 Å². The molecule has 0 fully saturated rings. The first-order chi connectivity index (χ1) is 17.4. The zero-order valence-electron chi connectivity index (χ0n) is 20.4. The number of sulfone groups is 1. The fourth-order valence-electron chi connectivity index (χ4n) is 4.99. The van der Waals surface area contributed by atoms with Crippen LogP contribution in [0.1, 0.15) is 23.6 Å². The number of rotatable bonds is 7. The Morgan fingerprint density at radius 2 is 1.42 bits per heavy atom. The number of carbonyl (C=O) groups excluding carboxylic acids is 1. The highest BCUT2D eigenvalue weighted by molar-refractivity contribution is 7.91. The molecule has 0 heterocycles. The monoisotopic (exact) mass is 499 g/mol. The molecule has 184 valence electrons. The summed E-state index contributed by atoms with van der Waals surface area (Å²) in [4.78, 5) is 15.0. The van der Waals surface area contributed by atoms with Gasteiger partial charge in [-0.2, -0.15) is 0 Å². The number of carbonyl (C=O) groups is 1. The lowest BCUT2D eigenvalue weighted by atomic mass is 10.1. The number of benzene rings is 4. The summed E-state index contributed by atoms with van der Waals surface area (Å²) in [5.41, 5.74) is 5.33. The van der Waals surface area contributed by atoms with Crippen LogP contribution in [0.2, 0.25) is 0 Å². The predicted molar refractivity (Wildman–Crippen MR) is 145 cm³/mol. The number of anilines is 1. The fourth-order valence-corrected chi connectivity index (χ4v) is 6.54. The van der Waals surface area contributed by atoms with Gasteiger partial charge in [-0.25, -0.2) is 13.2 Å². The molecule has 0 aromatic heterocycles. The predicted octanol–water partition coefficient (Wildman–Crippen LogP) is 5.14. The lowest BCUT2D eigenvalue weighted by Crippen LogP contribution is -2.38. The van der Waals surface area contributed by atoms with E-state index in [0.29, 0.717) is 16.7 Å². The summed E-state index contributed by atoms with van der Waals surface area (Å²) >= 11 is 0. The van der Waals surface area contributed by atoms with Gasteiger partial charge in [0.2, 0.25) is 0 Å². The van der Waals surface area contributed by atoms with Gasteiger partial charge in [0.15, 0.2) is 9.84 Å². The molecule has 2 amide bonds. The maximum absolute atomic E-state index is 13.2. The summed E-state index contributed by atoms with van der Waals surface area (Å²) in [7, 11) is 0.360. The number of amides is 2. The molecule has 0 saturated heterocycles. The van der Waals surface area contributed by atoms with Gasteiger partial charge in [0.25, 0.3) is 0 Å². The number of nitrogens with zero attached hydrogens (tertiary/aromatic N) is 1. The third kappa shape index (κ3) is 4.42. The van der Waals surface area contributed by atoms with Crippen molar-refractivity contribution >= 4 is 32.3 Å². The molecule has 4 aromatic rings. The van der Waals surface area contributed by atoms with Crippen LogP contribution in [0.15, 0.2) is 89.8 Å². The third-order valence-electron chi connectivity index (χ3n) is 6.66. The van der Waals surface area contributed by atoms with Crippen molar-refractivity contribution in [3.8, 4) is 11.1 Å². The molecule has 4 aromatic carbocycles. The Bertz CT molecular complexity index is 1500. The molecular formula is C29H29N3O3S. The van der Waals surface area contributed by atoms with Crippen molar-refractivity contribution in [2.24, 2.45) is 0 Å². The minimum Gasteiger partial charge on any atom is -0.377 e. The molecule has 1 aliphatic carbocycles. The first-order valence-corrected chi connectivity index (χ1v) is 13.7. The van der Waals surface area contributed by atoms with Crippen molar-refractivity contribution in [3.05, 3.63) is 96.1 Å². The molecule has 2 N–H and O–H groups in total. The Labute approximate surface area is 211 Å². The van der Waals surface area contributed by atoms with Crippen molar-refractivity contribution in [1.82, 2.24) is 10.6 Å². The van der Waals surface area contributed by atoms with Crippen LogP contribution in [0.4, 0.5) is 10.5 Å². The molecule has 0 radical (unpaired) electrons. The van der Waals surface area contributed by atoms with Gasteiger partial charge in [-0.1, -0.05) is 72.8 Å². The van der Waals surface area contributed by atoms with E-state index in [4.69, 9.17) is 0 Å². The first kappa shape index (κ1) is 23.9. The molecule has 5 rings (SSSR count). The normalized spacial score (nSPS) is 12.7. The summed E-state index contributed by atoms with van der Waals surface area (Å²) in [6, 6.07) is 26.6. The summed E-state index contributed by atoms with van der Waals surface area (Å²) < 4.78 is 26.4. The Kier molecular flexibility index (Phi) is 6.41. The molecule has 0 aliphatic heterocycles. The van der Waals surface area contributed by atoms with Gasteiger partial charge >= 0.3 is 6.03 Å². The summed E-state index contributed by atoms with van der Waals surface area (Å²) in [6.45, 7) is 0.259. The topological polar surface area (TPSA) is 78.5 Å². The summed E-state index contributed by atoms with van der Waals surface area (Å²) in [6.07, 6.45) is 0.317. The molecule has 0 spiro atoms. The van der Waals surface area contributed by atoms with Crippen molar-refractivity contribution < 1.29 is 13.2 Å². The standard InChI is InChI=1S/C29H29N3O3S/c1-32(2)26-16-7-15-23-22(26)14-8-17-27(23)36(34,35)19-9-18-30-29(33)31-28-24-12-5-3-10-20(24)21-11-4-6-13-25(21)28/h3-8,10-17,28H,9,18-19H2,1-2H3,(H2,30,31,33). The Morgan fingerprint density at radius 1 is 0.806 bits per heavy atom. The lowest BCUT2D eigenvalue weighted by molar-refractivity contribution is 0.239. The Morgan fingerprint density at radius 3 is 2.08 bits per heavy atom. The zero-order chi connectivity index (χ0) is 25.3. The van der Waals surface area contributed by atoms with E-state index in [1.807, 2.05) is 79.7 Å². The van der Waals surface area contributed by atoms with Crippen molar-refractivity contribution in [2.75, 3.05) is 31.3 Å². The van der Waals surface area contributed by atoms with E-state index < -0.39 is 9.84 Å². The SMILES string of the molecule is CN(C)c1cccc2c(S(=O)(=O)CCCNC(=O)NC3c4ccccc4-c4ccccc43)cccc12. The molecular weight excluding hydrogens is 470 g/mol. The first-order valence-electron chi connectivity index (χ1n) is 12.0. The highest BCUT2D eigenvalue weighted by atomic mass is 32.2. The molecule has 0 unspecified atom stereocenters. The molecule has 36 heavy (non-hydrogen) atoms. The Balaban J connectivity index is 1.23. The number of fused-ring (bicyclic) bond motifs is 4. The number of hydrogen-bond acceptors (Lipinski definition) is 4. The maximum Gasteiger partial charge on any atom is 0.315 e. The molecule has 0 atom stereocenters. The van der Waals surface area contributed by atoms with Gasteiger partial charge in [-0.3, -0.25) is 0 Å². The van der Waals surface area contributed by atoms with Crippen LogP contribution in [-0.2, 0) is 9.84 Å². The van der Waals surface area contributed by atoms with Gasteiger partial charge in [-0.05, 0) is 40.8 Å². The average Bonchev–Trinajstić information content (AvgIpc) is 3.19. The number of urea groups is 1. The van der Waals surface area contributed by atoms with Crippen LogP contribution in [-0.4, -0.2) is 40.8 Å². The lowest BCUT2D eigenvalue weighted by Gasteiger charge is -2.17. The van der Waals surface area contributed by atoms with Gasteiger partial charge < -0.3 is 15.5 Å². The smallest absolute Gasteiger partial charge is 0.315 e. The summed E-state index contributed by atoms with van der Waals surface area (Å²) in [5.74, 6) is -0.0479. The van der Waals surface area contributed by atoms with Crippen LogP contribution in [0.25, 0.3) is 21.9 Å². The van der Waals surface area contributed by atoms with E-state index in [0.717, 1.165) is 33.3 Å². The van der Waals surface area contributed by atoms with E-state index in [2.05, 4.69) is 22.8 Å². The molecule has 0 bridgehead atoms. The van der Waals surface area contributed by atoms with E-state index in [1.165, 1.54) is 0 Å². The Hall–Kier alpha value is -3.84. The zero-order valence-corrected chi connectivity index (χ0v) is 21.2. The second kappa shape index (κ2) is 9.66. The largest absolute Gasteiger partial charge is 0.377 e. The number of nitrogens with one attached hydrogen (secondary N) is 2. The van der Waals surface area contributed by atoms with Crippen molar-refractivity contribution in [1.29, 1.82) is 0 Å². The molecule has 6 nitrogen and oxygen atoms in total. The van der Waals surface area contributed by atoms with Crippen LogP contribution in [0.3, 0.4) is 0 Å². The highest BCUT2D eigenvalue weighted by Gasteiger charge is 2.29. The molecule has 0 saturated carbocycles. The van der Waals surface area contributed by atoms with Gasteiger partial charge in [0.05, 0.1) is 16.7 Å². The van der Waals surface area contributed by atoms with Crippen molar-refractivity contribution in [2.45, 2.75) is 17.4 Å². The number of hydrogen-bond donors (Lipinski definition) is 2. The van der Waals surface area contributed by atoms with E-state index >= 15 is 0 Å². The molecule has 7 heteroatoms. The van der Waals surface area contributed by atoms with Crippen LogP contribution < -0.4 is 15.5 Å². The van der Waals surface area contributed by atoms with Crippen LogP contribution >= 0.6 is 0 Å². The molecule has 1 aliphatic rings. The second-order valence-electron chi connectivity index (χ2n) is 9.20. The third-order valence-corrected chi connectivity index (χ3v) is 8.51. The quantitative estimate of drug-likeness (QED) is 0.345. The van der Waals surface area contributed by atoms with Gasteiger partial charge in [0, 0.05) is 37.1 Å². The minimum absolute atomic E-state index is 0.0479. The van der Waals surface area contributed by atoms with Crippen molar-refractivity contribution in [3.63, 3.8) is 0 Å². The van der Waals surface area contributed by atoms with Crippen LogP contribution in [0, 0.1) is 0 Å². The second-order valence-corrected chi connectivity index (χ2v) is 11.3. The fraction of sp³-hybridized carbons (Fsp3) is 0.207. The average molecular weight is 500 g/mol. The van der Waals surface area contributed by atoms with E-state index in [9.17, 15) is 13.2 Å². The minimum atomic E-state index is -3.52. The summed E-state index contributed by atoms with van der Waals surface area (Å²) in [5, 5.41) is 7.51. The van der Waals surface area contributed by atoms with Gasteiger partial charge in [0.1, 0.15) is 0 Å².